The van der Waals surface area contributed by atoms with Crippen molar-refractivity contribution in [3.63, 3.8) is 0 Å². The van der Waals surface area contributed by atoms with Crippen molar-refractivity contribution in [2.45, 2.75) is 49.5 Å². The smallest absolute Gasteiger partial charge is 0.246 e. The van der Waals surface area contributed by atoms with Gasteiger partial charge in [0.05, 0.1) is 6.04 Å². The highest BCUT2D eigenvalue weighted by atomic mass is 32.2. The van der Waals surface area contributed by atoms with Gasteiger partial charge >= 0.3 is 0 Å². The van der Waals surface area contributed by atoms with Crippen LogP contribution in [0.3, 0.4) is 0 Å². The maximum atomic E-state index is 14.1. The van der Waals surface area contributed by atoms with E-state index in [9.17, 15) is 22.0 Å². The molecule has 1 atom stereocenters. The van der Waals surface area contributed by atoms with Crippen LogP contribution in [0.4, 0.5) is 8.78 Å². The van der Waals surface area contributed by atoms with Crippen LogP contribution in [-0.4, -0.2) is 48.1 Å². The fraction of sp³-hybridized carbons (Fsp3) is 0.478. The molecule has 2 aliphatic rings. The number of carbonyl (C=O) groups is 1. The molecule has 3 heterocycles. The summed E-state index contributed by atoms with van der Waals surface area (Å²) in [5.74, 6) is -2.03. The van der Waals surface area contributed by atoms with Gasteiger partial charge in [-0.1, -0.05) is 12.8 Å². The van der Waals surface area contributed by atoms with Crippen LogP contribution < -0.4 is 0 Å². The number of benzene rings is 1. The van der Waals surface area contributed by atoms with E-state index in [4.69, 9.17) is 0 Å². The largest absolute Gasteiger partial charge is 0.335 e. The summed E-state index contributed by atoms with van der Waals surface area (Å²) in [6.07, 6.45) is 8.13. The minimum absolute atomic E-state index is 0.00356. The van der Waals surface area contributed by atoms with Crippen LogP contribution in [0.15, 0.2) is 47.6 Å². The second-order valence-corrected chi connectivity index (χ2v) is 10.3. The number of halogens is 2. The van der Waals surface area contributed by atoms with Gasteiger partial charge in [0.2, 0.25) is 15.9 Å². The predicted molar refractivity (Wildman–Crippen MR) is 115 cm³/mol. The lowest BCUT2D eigenvalue weighted by Gasteiger charge is -2.36. The van der Waals surface area contributed by atoms with Gasteiger partial charge in [-0.2, -0.15) is 4.31 Å². The average molecular weight is 464 g/mol. The highest BCUT2D eigenvalue weighted by molar-refractivity contribution is 7.89. The number of hydrogen-bond donors (Lipinski definition) is 0. The van der Waals surface area contributed by atoms with Crippen molar-refractivity contribution in [3.8, 4) is 0 Å². The summed E-state index contributed by atoms with van der Waals surface area (Å²) >= 11 is 0. The van der Waals surface area contributed by atoms with Crippen molar-refractivity contribution in [1.82, 2.24) is 14.2 Å². The van der Waals surface area contributed by atoms with E-state index in [0.29, 0.717) is 25.5 Å². The zero-order chi connectivity index (χ0) is 22.7. The lowest BCUT2D eigenvalue weighted by atomic mass is 9.94. The van der Waals surface area contributed by atoms with E-state index in [2.05, 4.69) is 4.98 Å². The van der Waals surface area contributed by atoms with Crippen molar-refractivity contribution in [2.24, 2.45) is 5.92 Å². The highest BCUT2D eigenvalue weighted by Gasteiger charge is 2.37. The Balaban J connectivity index is 1.47. The second kappa shape index (κ2) is 9.62. The number of nitrogens with zero attached hydrogens (tertiary/aromatic N) is 3. The standard InChI is InChI=1S/C23H27F2N3O3S/c24-19-5-6-20(25)22(16-19)32(30,31)27-14-9-18(10-15-27)23(29)28-13-3-1-2-4-21(28)17-7-11-26-12-8-17/h5-8,11-12,16,18,21H,1-4,9-10,13-15H2. The van der Waals surface area contributed by atoms with E-state index in [1.165, 1.54) is 0 Å². The van der Waals surface area contributed by atoms with Gasteiger partial charge in [-0.05, 0) is 61.6 Å². The second-order valence-electron chi connectivity index (χ2n) is 8.43. The van der Waals surface area contributed by atoms with Crippen LogP contribution >= 0.6 is 0 Å². The molecule has 32 heavy (non-hydrogen) atoms. The Labute approximate surface area is 187 Å². The Hall–Kier alpha value is -2.39. The highest BCUT2D eigenvalue weighted by Crippen LogP contribution is 2.33. The Bertz CT molecular complexity index is 1060. The van der Waals surface area contributed by atoms with Crippen LogP contribution in [0, 0.1) is 17.6 Å². The summed E-state index contributed by atoms with van der Waals surface area (Å²) in [6.45, 7) is 0.879. The molecule has 172 valence electrons. The number of carbonyl (C=O) groups excluding carboxylic acids is 1. The Kier molecular flexibility index (Phi) is 6.85. The maximum absolute atomic E-state index is 14.1. The molecule has 2 aromatic rings. The van der Waals surface area contributed by atoms with Crippen molar-refractivity contribution in [2.75, 3.05) is 19.6 Å². The van der Waals surface area contributed by atoms with Crippen molar-refractivity contribution in [3.05, 3.63) is 59.9 Å². The number of likely N-dealkylation sites (tertiary alicyclic amines) is 1. The number of pyridine rings is 1. The van der Waals surface area contributed by atoms with Crippen LogP contribution in [-0.2, 0) is 14.8 Å². The third-order valence-corrected chi connectivity index (χ3v) is 8.35. The summed E-state index contributed by atoms with van der Waals surface area (Å²) < 4.78 is 54.4. The molecule has 1 amide bonds. The molecule has 1 aromatic carbocycles. The number of rotatable bonds is 4. The van der Waals surface area contributed by atoms with Gasteiger partial charge in [0.25, 0.3) is 0 Å². The number of sulfonamides is 1. The third kappa shape index (κ3) is 4.68. The van der Waals surface area contributed by atoms with Crippen molar-refractivity contribution in [1.29, 1.82) is 0 Å². The molecule has 6 nitrogen and oxygen atoms in total. The monoisotopic (exact) mass is 463 g/mol. The molecule has 0 radical (unpaired) electrons. The number of hydrogen-bond acceptors (Lipinski definition) is 4. The quantitative estimate of drug-likeness (QED) is 0.690. The Morgan fingerprint density at radius 3 is 2.38 bits per heavy atom. The molecule has 0 aliphatic carbocycles. The van der Waals surface area contributed by atoms with E-state index in [0.717, 1.165) is 47.7 Å². The fourth-order valence-electron chi connectivity index (χ4n) is 4.70. The molecule has 2 fully saturated rings. The molecular weight excluding hydrogens is 436 g/mol. The normalized spacial score (nSPS) is 21.3. The Morgan fingerprint density at radius 1 is 0.938 bits per heavy atom. The van der Waals surface area contributed by atoms with E-state index in [1.807, 2.05) is 17.0 Å². The predicted octanol–water partition coefficient (Wildman–Crippen LogP) is 3.90. The number of piperidine rings is 1. The van der Waals surface area contributed by atoms with Crippen LogP contribution in [0.25, 0.3) is 0 Å². The molecule has 0 N–H and O–H groups in total. The van der Waals surface area contributed by atoms with E-state index in [1.54, 1.807) is 12.4 Å². The topological polar surface area (TPSA) is 70.6 Å². The first kappa shape index (κ1) is 22.8. The first-order valence-corrected chi connectivity index (χ1v) is 12.5. The molecule has 4 rings (SSSR count). The van der Waals surface area contributed by atoms with Gasteiger partial charge in [0.15, 0.2) is 0 Å². The molecule has 1 aromatic heterocycles. The SMILES string of the molecule is O=C(C1CCN(S(=O)(=O)c2cc(F)ccc2F)CC1)N1CCCCCC1c1ccncc1. The first-order chi connectivity index (χ1) is 15.4. The van der Waals surface area contributed by atoms with Gasteiger partial charge in [0, 0.05) is 37.9 Å². The van der Waals surface area contributed by atoms with Gasteiger partial charge in [-0.3, -0.25) is 9.78 Å². The lowest BCUT2D eigenvalue weighted by Crippen LogP contribution is -2.45. The molecule has 0 bridgehead atoms. The minimum Gasteiger partial charge on any atom is -0.335 e. The van der Waals surface area contributed by atoms with E-state index >= 15 is 0 Å². The van der Waals surface area contributed by atoms with Gasteiger partial charge in [0.1, 0.15) is 16.5 Å². The summed E-state index contributed by atoms with van der Waals surface area (Å²) in [7, 11) is -4.16. The summed E-state index contributed by atoms with van der Waals surface area (Å²) in [4.78, 5) is 18.8. The molecule has 0 spiro atoms. The zero-order valence-electron chi connectivity index (χ0n) is 17.8. The Morgan fingerprint density at radius 2 is 1.66 bits per heavy atom. The molecular formula is C23H27F2N3O3S. The van der Waals surface area contributed by atoms with Crippen molar-refractivity contribution >= 4 is 15.9 Å². The summed E-state index contributed by atoms with van der Waals surface area (Å²) in [5, 5.41) is 0. The number of amides is 1. The van der Waals surface area contributed by atoms with Crippen molar-refractivity contribution < 1.29 is 22.0 Å². The van der Waals surface area contributed by atoms with Gasteiger partial charge < -0.3 is 4.90 Å². The van der Waals surface area contributed by atoms with E-state index in [-0.39, 0.29) is 31.0 Å². The fourth-order valence-corrected chi connectivity index (χ4v) is 6.24. The van der Waals surface area contributed by atoms with Gasteiger partial charge in [-0.25, -0.2) is 17.2 Å². The number of aromatic nitrogens is 1. The maximum Gasteiger partial charge on any atom is 0.246 e. The average Bonchev–Trinajstić information content (AvgIpc) is 3.07. The molecule has 0 saturated carbocycles. The third-order valence-electron chi connectivity index (χ3n) is 6.44. The zero-order valence-corrected chi connectivity index (χ0v) is 18.6. The summed E-state index contributed by atoms with van der Waals surface area (Å²) in [5.41, 5.74) is 1.07. The van der Waals surface area contributed by atoms with Gasteiger partial charge in [-0.15, -0.1) is 0 Å². The minimum atomic E-state index is -4.16. The molecule has 1 unspecified atom stereocenters. The molecule has 9 heteroatoms. The van der Waals surface area contributed by atoms with E-state index < -0.39 is 26.6 Å². The molecule has 2 aliphatic heterocycles. The molecule has 2 saturated heterocycles. The first-order valence-electron chi connectivity index (χ1n) is 11.0. The van der Waals surface area contributed by atoms with Crippen LogP contribution in [0.1, 0.15) is 50.1 Å². The lowest BCUT2D eigenvalue weighted by molar-refractivity contribution is -0.139. The van der Waals surface area contributed by atoms with Crippen LogP contribution in [0.2, 0.25) is 0 Å². The summed E-state index contributed by atoms with van der Waals surface area (Å²) in [6, 6.07) is 6.30. The van der Waals surface area contributed by atoms with Crippen LogP contribution in [0.5, 0.6) is 0 Å².